The Hall–Kier alpha value is -1.71. The fourth-order valence-corrected chi connectivity index (χ4v) is 2.18. The smallest absolute Gasteiger partial charge is 0.246 e. The van der Waals surface area contributed by atoms with E-state index in [1.54, 1.807) is 30.3 Å². The van der Waals surface area contributed by atoms with Crippen molar-refractivity contribution in [3.63, 3.8) is 0 Å². The number of nitrogens with one attached hydrogen (secondary N) is 1. The Morgan fingerprint density at radius 2 is 1.90 bits per heavy atom. The second-order valence-corrected chi connectivity index (χ2v) is 4.96. The molecule has 0 unspecified atom stereocenters. The molecule has 2 rings (SSSR count). The number of hydrogen-bond acceptors (Lipinski definition) is 2. The zero-order valence-electron chi connectivity index (χ0n) is 10.8. The molecular weight excluding hydrogens is 297 g/mol. The fourth-order valence-electron chi connectivity index (χ4n) is 1.72. The molecule has 0 heterocycles. The monoisotopic (exact) mass is 309 g/mol. The third-order valence-corrected chi connectivity index (χ3v) is 3.49. The molecule has 0 fully saturated rings. The largest absolute Gasteiger partial charge is 0.495 e. The predicted molar refractivity (Wildman–Crippen MR) is 81.7 cm³/mol. The van der Waals surface area contributed by atoms with E-state index >= 15 is 0 Å². The standard InChI is InChI=1S/C15H13Cl2NO2/c1-20-13-8-7-11(9-12(13)16)18-15(19)14(17)10-5-3-2-4-6-10/h2-9,14H,1H3,(H,18,19)/t14-/m1/s1. The molecule has 0 saturated heterocycles. The van der Waals surface area contributed by atoms with Crippen LogP contribution in [0.1, 0.15) is 10.9 Å². The van der Waals surface area contributed by atoms with E-state index in [9.17, 15) is 4.79 Å². The van der Waals surface area contributed by atoms with Gasteiger partial charge in [-0.25, -0.2) is 0 Å². The second kappa shape index (κ2) is 6.64. The number of carbonyl (C=O) groups excluding carboxylic acids is 1. The predicted octanol–water partition coefficient (Wildman–Crippen LogP) is 4.27. The van der Waals surface area contributed by atoms with Gasteiger partial charge in [-0.05, 0) is 23.8 Å². The van der Waals surface area contributed by atoms with Crippen molar-refractivity contribution >= 4 is 34.8 Å². The first-order chi connectivity index (χ1) is 9.61. The van der Waals surface area contributed by atoms with Crippen LogP contribution in [0.4, 0.5) is 5.69 Å². The maximum absolute atomic E-state index is 12.1. The molecule has 1 atom stereocenters. The Bertz CT molecular complexity index is 602. The number of halogens is 2. The van der Waals surface area contributed by atoms with Gasteiger partial charge in [-0.2, -0.15) is 0 Å². The highest BCUT2D eigenvalue weighted by Crippen LogP contribution is 2.28. The lowest BCUT2D eigenvalue weighted by Crippen LogP contribution is -2.17. The summed E-state index contributed by atoms with van der Waals surface area (Å²) in [6, 6.07) is 14.2. The van der Waals surface area contributed by atoms with E-state index in [4.69, 9.17) is 27.9 Å². The van der Waals surface area contributed by atoms with E-state index in [0.29, 0.717) is 16.5 Å². The van der Waals surface area contributed by atoms with Crippen LogP contribution < -0.4 is 10.1 Å². The molecule has 0 aromatic heterocycles. The van der Waals surface area contributed by atoms with E-state index in [0.717, 1.165) is 5.56 Å². The van der Waals surface area contributed by atoms with Gasteiger partial charge in [-0.3, -0.25) is 4.79 Å². The molecule has 20 heavy (non-hydrogen) atoms. The molecule has 3 nitrogen and oxygen atoms in total. The number of benzene rings is 2. The van der Waals surface area contributed by atoms with Crippen LogP contribution in [0.25, 0.3) is 0 Å². The highest BCUT2D eigenvalue weighted by molar-refractivity contribution is 6.33. The number of rotatable bonds is 4. The second-order valence-electron chi connectivity index (χ2n) is 4.11. The Kier molecular flexibility index (Phi) is 4.88. The topological polar surface area (TPSA) is 38.3 Å². The lowest BCUT2D eigenvalue weighted by Gasteiger charge is -2.12. The highest BCUT2D eigenvalue weighted by atomic mass is 35.5. The lowest BCUT2D eigenvalue weighted by atomic mass is 10.1. The van der Waals surface area contributed by atoms with Crippen molar-refractivity contribution in [2.75, 3.05) is 12.4 Å². The first-order valence-electron chi connectivity index (χ1n) is 5.95. The summed E-state index contributed by atoms with van der Waals surface area (Å²) in [5.74, 6) is 0.245. The molecular formula is C15H13Cl2NO2. The van der Waals surface area contributed by atoms with Gasteiger partial charge in [0.1, 0.15) is 11.1 Å². The van der Waals surface area contributed by atoms with Gasteiger partial charge in [-0.1, -0.05) is 41.9 Å². The van der Waals surface area contributed by atoms with Gasteiger partial charge in [-0.15, -0.1) is 11.6 Å². The molecule has 5 heteroatoms. The van der Waals surface area contributed by atoms with Gasteiger partial charge in [0.05, 0.1) is 12.1 Å². The Morgan fingerprint density at radius 3 is 2.50 bits per heavy atom. The maximum Gasteiger partial charge on any atom is 0.246 e. The molecule has 0 radical (unpaired) electrons. The van der Waals surface area contributed by atoms with Crippen LogP contribution in [0, 0.1) is 0 Å². The van der Waals surface area contributed by atoms with Crippen molar-refractivity contribution in [2.24, 2.45) is 0 Å². The van der Waals surface area contributed by atoms with Crippen LogP contribution in [-0.4, -0.2) is 13.0 Å². The van der Waals surface area contributed by atoms with Crippen molar-refractivity contribution in [2.45, 2.75) is 5.38 Å². The van der Waals surface area contributed by atoms with E-state index in [-0.39, 0.29) is 5.91 Å². The fraction of sp³-hybridized carbons (Fsp3) is 0.133. The quantitative estimate of drug-likeness (QED) is 0.857. The number of alkyl halides is 1. The average molecular weight is 310 g/mol. The van der Waals surface area contributed by atoms with E-state index in [1.165, 1.54) is 7.11 Å². The first kappa shape index (κ1) is 14.7. The minimum absolute atomic E-state index is 0.306. The summed E-state index contributed by atoms with van der Waals surface area (Å²) in [7, 11) is 1.53. The maximum atomic E-state index is 12.1. The molecule has 0 aliphatic carbocycles. The van der Waals surface area contributed by atoms with Gasteiger partial charge in [0.25, 0.3) is 0 Å². The molecule has 0 spiro atoms. The summed E-state index contributed by atoms with van der Waals surface area (Å²) >= 11 is 12.1. The number of ether oxygens (including phenoxy) is 1. The minimum atomic E-state index is -0.753. The number of hydrogen-bond donors (Lipinski definition) is 1. The molecule has 2 aromatic rings. The zero-order valence-corrected chi connectivity index (χ0v) is 12.3. The SMILES string of the molecule is COc1ccc(NC(=O)[C@H](Cl)c2ccccc2)cc1Cl. The minimum Gasteiger partial charge on any atom is -0.495 e. The number of amides is 1. The molecule has 0 aliphatic heterocycles. The highest BCUT2D eigenvalue weighted by Gasteiger charge is 2.17. The summed E-state index contributed by atoms with van der Waals surface area (Å²) in [5, 5.41) is 2.40. The zero-order chi connectivity index (χ0) is 14.5. The summed E-state index contributed by atoms with van der Waals surface area (Å²) in [5.41, 5.74) is 1.31. The molecule has 1 amide bonds. The van der Waals surface area contributed by atoms with Crippen molar-refractivity contribution in [1.82, 2.24) is 0 Å². The van der Waals surface area contributed by atoms with Crippen molar-refractivity contribution in [3.8, 4) is 5.75 Å². The Balaban J connectivity index is 2.10. The number of carbonyl (C=O) groups is 1. The van der Waals surface area contributed by atoms with Crippen molar-refractivity contribution in [1.29, 1.82) is 0 Å². The molecule has 0 bridgehead atoms. The molecule has 2 aromatic carbocycles. The molecule has 0 aliphatic rings. The van der Waals surface area contributed by atoms with Gasteiger partial charge in [0, 0.05) is 5.69 Å². The summed E-state index contributed by atoms with van der Waals surface area (Å²) in [4.78, 5) is 12.1. The lowest BCUT2D eigenvalue weighted by molar-refractivity contribution is -0.116. The van der Waals surface area contributed by atoms with Crippen molar-refractivity contribution in [3.05, 3.63) is 59.1 Å². The van der Waals surface area contributed by atoms with E-state index in [1.807, 2.05) is 18.2 Å². The molecule has 1 N–H and O–H groups in total. The Morgan fingerprint density at radius 1 is 1.20 bits per heavy atom. The average Bonchev–Trinajstić information content (AvgIpc) is 2.47. The van der Waals surface area contributed by atoms with Crippen LogP contribution in [0.15, 0.2) is 48.5 Å². The number of methoxy groups -OCH3 is 1. The van der Waals surface area contributed by atoms with Crippen LogP contribution in [0.5, 0.6) is 5.75 Å². The van der Waals surface area contributed by atoms with Crippen LogP contribution in [-0.2, 0) is 4.79 Å². The van der Waals surface area contributed by atoms with E-state index < -0.39 is 5.38 Å². The summed E-state index contributed by atoms with van der Waals surface area (Å²) in [6.45, 7) is 0. The van der Waals surface area contributed by atoms with Crippen LogP contribution >= 0.6 is 23.2 Å². The van der Waals surface area contributed by atoms with Crippen molar-refractivity contribution < 1.29 is 9.53 Å². The van der Waals surface area contributed by atoms with Crippen LogP contribution in [0.3, 0.4) is 0 Å². The molecule has 0 saturated carbocycles. The van der Waals surface area contributed by atoms with Gasteiger partial charge in [0.15, 0.2) is 0 Å². The third kappa shape index (κ3) is 3.44. The van der Waals surface area contributed by atoms with Gasteiger partial charge < -0.3 is 10.1 Å². The number of anilines is 1. The van der Waals surface area contributed by atoms with Gasteiger partial charge in [0.2, 0.25) is 5.91 Å². The Labute approximate surface area is 127 Å². The first-order valence-corrected chi connectivity index (χ1v) is 6.76. The third-order valence-electron chi connectivity index (χ3n) is 2.74. The molecule has 104 valence electrons. The van der Waals surface area contributed by atoms with E-state index in [2.05, 4.69) is 5.32 Å². The summed E-state index contributed by atoms with van der Waals surface area (Å²) < 4.78 is 5.05. The van der Waals surface area contributed by atoms with Crippen LogP contribution in [0.2, 0.25) is 5.02 Å². The summed E-state index contributed by atoms with van der Waals surface area (Å²) in [6.07, 6.45) is 0. The normalized spacial score (nSPS) is 11.8. The van der Waals surface area contributed by atoms with Gasteiger partial charge >= 0.3 is 0 Å².